The number of imidazole rings is 1. The van der Waals surface area contributed by atoms with Gasteiger partial charge in [-0.25, -0.2) is 15.0 Å². The molecule has 1 fully saturated rings. The van der Waals surface area contributed by atoms with Crippen LogP contribution in [0.5, 0.6) is 0 Å². The van der Waals surface area contributed by atoms with Crippen molar-refractivity contribution in [2.45, 2.75) is 43.7 Å². The van der Waals surface area contributed by atoms with Crippen LogP contribution >= 0.6 is 0 Å². The molecule has 0 unspecified atom stereocenters. The molecule has 0 radical (unpaired) electrons. The predicted octanol–water partition coefficient (Wildman–Crippen LogP) is -2.09. The van der Waals surface area contributed by atoms with Gasteiger partial charge in [-0.1, -0.05) is 0 Å². The molecule has 7 N–H and O–H groups in total. The monoisotopic (exact) mass is 321 g/mol. The SMILES string of the molecule is C[C@H](N)C(=O)N[C@H]1C[C@@H](n2cnc3c(N)ncnc32)[C@@H](O)[C@H]1O. The van der Waals surface area contributed by atoms with E-state index in [0.29, 0.717) is 17.6 Å². The lowest BCUT2D eigenvalue weighted by Crippen LogP contribution is -2.48. The van der Waals surface area contributed by atoms with E-state index in [0.717, 1.165) is 0 Å². The molecule has 124 valence electrons. The van der Waals surface area contributed by atoms with Crippen molar-refractivity contribution in [3.63, 3.8) is 0 Å². The van der Waals surface area contributed by atoms with Crippen LogP contribution in [-0.4, -0.2) is 59.9 Å². The summed E-state index contributed by atoms with van der Waals surface area (Å²) in [6.45, 7) is 1.55. The van der Waals surface area contributed by atoms with Gasteiger partial charge in [0.1, 0.15) is 24.1 Å². The van der Waals surface area contributed by atoms with Crippen molar-refractivity contribution < 1.29 is 15.0 Å². The molecule has 5 atom stereocenters. The number of amides is 1. The number of aromatic nitrogens is 4. The number of aliphatic hydroxyl groups is 2. The highest BCUT2D eigenvalue weighted by Gasteiger charge is 2.43. The maximum absolute atomic E-state index is 11.7. The number of anilines is 1. The number of nitrogen functional groups attached to an aromatic ring is 1. The Kier molecular flexibility index (Phi) is 3.88. The Labute approximate surface area is 131 Å². The Morgan fingerprint density at radius 1 is 1.39 bits per heavy atom. The van der Waals surface area contributed by atoms with Gasteiger partial charge >= 0.3 is 0 Å². The van der Waals surface area contributed by atoms with Gasteiger partial charge in [0.25, 0.3) is 0 Å². The Hall–Kier alpha value is -2.30. The normalized spacial score (nSPS) is 28.9. The molecule has 1 aliphatic rings. The van der Waals surface area contributed by atoms with Crippen molar-refractivity contribution in [1.29, 1.82) is 0 Å². The summed E-state index contributed by atoms with van der Waals surface area (Å²) in [5, 5.41) is 23.2. The Balaban J connectivity index is 1.88. The molecule has 2 aromatic rings. The Bertz CT molecular complexity index is 731. The molecule has 1 saturated carbocycles. The van der Waals surface area contributed by atoms with Crippen molar-refractivity contribution in [1.82, 2.24) is 24.8 Å². The van der Waals surface area contributed by atoms with Crippen LogP contribution in [0.2, 0.25) is 0 Å². The molecule has 1 amide bonds. The topological polar surface area (TPSA) is 165 Å². The highest BCUT2D eigenvalue weighted by molar-refractivity contribution is 5.82. The van der Waals surface area contributed by atoms with Gasteiger partial charge in [0, 0.05) is 0 Å². The zero-order valence-corrected chi connectivity index (χ0v) is 12.5. The largest absolute Gasteiger partial charge is 0.388 e. The van der Waals surface area contributed by atoms with E-state index in [1.807, 2.05) is 0 Å². The number of nitrogens with one attached hydrogen (secondary N) is 1. The number of hydrogen-bond donors (Lipinski definition) is 5. The van der Waals surface area contributed by atoms with E-state index in [9.17, 15) is 15.0 Å². The molecule has 0 spiro atoms. The van der Waals surface area contributed by atoms with Crippen molar-refractivity contribution in [3.05, 3.63) is 12.7 Å². The quantitative estimate of drug-likeness (QED) is 0.429. The van der Waals surface area contributed by atoms with E-state index in [1.54, 1.807) is 11.5 Å². The third kappa shape index (κ3) is 2.60. The minimum atomic E-state index is -1.11. The van der Waals surface area contributed by atoms with Gasteiger partial charge in [-0.3, -0.25) is 4.79 Å². The van der Waals surface area contributed by atoms with Gasteiger partial charge < -0.3 is 31.6 Å². The van der Waals surface area contributed by atoms with Crippen molar-refractivity contribution >= 4 is 22.9 Å². The fraction of sp³-hybridized carbons (Fsp3) is 0.538. The average molecular weight is 321 g/mol. The third-order valence-electron chi connectivity index (χ3n) is 4.14. The molecule has 1 aliphatic carbocycles. The summed E-state index contributed by atoms with van der Waals surface area (Å²) in [6, 6.07) is -1.80. The van der Waals surface area contributed by atoms with Crippen molar-refractivity contribution in [3.8, 4) is 0 Å². The van der Waals surface area contributed by atoms with Crippen LogP contribution in [0.15, 0.2) is 12.7 Å². The van der Waals surface area contributed by atoms with E-state index in [-0.39, 0.29) is 11.7 Å². The van der Waals surface area contributed by atoms with Gasteiger partial charge in [0.15, 0.2) is 11.5 Å². The average Bonchev–Trinajstić information content (AvgIpc) is 3.05. The van der Waals surface area contributed by atoms with Crippen LogP contribution in [0.3, 0.4) is 0 Å². The summed E-state index contributed by atoms with van der Waals surface area (Å²) in [7, 11) is 0. The van der Waals surface area contributed by atoms with Crippen LogP contribution in [0.4, 0.5) is 5.82 Å². The third-order valence-corrected chi connectivity index (χ3v) is 4.14. The first-order valence-electron chi connectivity index (χ1n) is 7.25. The summed E-state index contributed by atoms with van der Waals surface area (Å²) >= 11 is 0. The Morgan fingerprint density at radius 3 is 2.83 bits per heavy atom. The fourth-order valence-corrected chi connectivity index (χ4v) is 2.85. The lowest BCUT2D eigenvalue weighted by atomic mass is 10.2. The number of nitrogens with two attached hydrogens (primary N) is 2. The molecule has 10 nitrogen and oxygen atoms in total. The van der Waals surface area contributed by atoms with Gasteiger partial charge in [-0.05, 0) is 13.3 Å². The molecule has 23 heavy (non-hydrogen) atoms. The maximum atomic E-state index is 11.7. The standard InChI is InChI=1S/C13H19N7O3/c1-5(14)13(23)19-6-2-7(10(22)9(6)21)20-4-18-8-11(15)16-3-17-12(8)20/h3-7,9-10,21-22H,2,14H2,1H3,(H,19,23)(H2,15,16,17)/t5-,6-,7+,9-,10+/m0/s1. The Morgan fingerprint density at radius 2 is 2.13 bits per heavy atom. The molecule has 0 aliphatic heterocycles. The number of carbonyl (C=O) groups excluding carboxylic acids is 1. The first-order valence-corrected chi connectivity index (χ1v) is 7.25. The van der Waals surface area contributed by atoms with Crippen LogP contribution in [0.25, 0.3) is 11.2 Å². The van der Waals surface area contributed by atoms with Crippen molar-refractivity contribution in [2.24, 2.45) is 5.73 Å². The number of hydrogen-bond acceptors (Lipinski definition) is 8. The molecule has 10 heteroatoms. The first-order chi connectivity index (χ1) is 10.9. The summed E-state index contributed by atoms with van der Waals surface area (Å²) in [4.78, 5) is 23.9. The molecule has 0 bridgehead atoms. The van der Waals surface area contributed by atoms with Crippen LogP contribution in [0, 0.1) is 0 Å². The summed E-state index contributed by atoms with van der Waals surface area (Å²) in [6.07, 6.45) is 0.923. The molecule has 3 rings (SSSR count). The van der Waals surface area contributed by atoms with E-state index >= 15 is 0 Å². The number of fused-ring (bicyclic) bond motifs is 1. The highest BCUT2D eigenvalue weighted by Crippen LogP contribution is 2.33. The van der Waals surface area contributed by atoms with Gasteiger partial charge in [-0.15, -0.1) is 0 Å². The van der Waals surface area contributed by atoms with E-state index in [2.05, 4.69) is 20.3 Å². The van der Waals surface area contributed by atoms with Crippen molar-refractivity contribution in [2.75, 3.05) is 5.73 Å². The second-order valence-electron chi connectivity index (χ2n) is 5.77. The van der Waals surface area contributed by atoms with Gasteiger partial charge in [0.2, 0.25) is 5.91 Å². The van der Waals surface area contributed by atoms with E-state index in [1.165, 1.54) is 12.7 Å². The molecular weight excluding hydrogens is 302 g/mol. The summed E-state index contributed by atoms with van der Waals surface area (Å²) in [5.74, 6) is -0.146. The lowest BCUT2D eigenvalue weighted by Gasteiger charge is -2.19. The maximum Gasteiger partial charge on any atom is 0.236 e. The van der Waals surface area contributed by atoms with E-state index < -0.39 is 30.3 Å². The number of rotatable bonds is 3. The van der Waals surface area contributed by atoms with Gasteiger partial charge in [0.05, 0.1) is 24.5 Å². The molecule has 0 saturated heterocycles. The number of carbonyl (C=O) groups is 1. The zero-order chi connectivity index (χ0) is 16.7. The van der Waals surface area contributed by atoms with E-state index in [4.69, 9.17) is 11.5 Å². The second-order valence-corrected chi connectivity index (χ2v) is 5.77. The molecular formula is C13H19N7O3. The summed E-state index contributed by atoms with van der Waals surface area (Å²) < 4.78 is 1.64. The van der Waals surface area contributed by atoms with Crippen LogP contribution in [0.1, 0.15) is 19.4 Å². The number of aliphatic hydroxyl groups excluding tert-OH is 2. The molecule has 0 aromatic carbocycles. The molecule has 2 aromatic heterocycles. The van der Waals surface area contributed by atoms with Crippen LogP contribution < -0.4 is 16.8 Å². The van der Waals surface area contributed by atoms with Gasteiger partial charge in [-0.2, -0.15) is 0 Å². The highest BCUT2D eigenvalue weighted by atomic mass is 16.3. The lowest BCUT2D eigenvalue weighted by molar-refractivity contribution is -0.123. The minimum absolute atomic E-state index is 0.239. The predicted molar refractivity (Wildman–Crippen MR) is 81.0 cm³/mol. The molecule has 2 heterocycles. The van der Waals surface area contributed by atoms with Crippen LogP contribution in [-0.2, 0) is 4.79 Å². The first kappa shape index (κ1) is 15.6. The fourth-order valence-electron chi connectivity index (χ4n) is 2.85. The number of nitrogens with zero attached hydrogens (tertiary/aromatic N) is 4. The second kappa shape index (κ2) is 5.72. The summed E-state index contributed by atoms with van der Waals surface area (Å²) in [5.41, 5.74) is 12.2. The minimum Gasteiger partial charge on any atom is -0.388 e. The smallest absolute Gasteiger partial charge is 0.236 e. The zero-order valence-electron chi connectivity index (χ0n) is 12.5.